The topological polar surface area (TPSA) is 65.6 Å². The lowest BCUT2D eigenvalue weighted by Gasteiger charge is -2.36. The Hall–Kier alpha value is -2.68. The van der Waals surface area contributed by atoms with Gasteiger partial charge in [-0.2, -0.15) is 0 Å². The van der Waals surface area contributed by atoms with E-state index in [0.29, 0.717) is 41.2 Å². The van der Waals surface area contributed by atoms with Crippen LogP contribution in [-0.4, -0.2) is 80.4 Å². The molecule has 1 atom stereocenters. The molecule has 0 aromatic heterocycles. The lowest BCUT2D eigenvalue weighted by atomic mass is 10.1. The van der Waals surface area contributed by atoms with E-state index in [1.165, 1.54) is 11.8 Å². The Bertz CT molecular complexity index is 1150. The van der Waals surface area contributed by atoms with E-state index in [-0.39, 0.29) is 5.91 Å². The van der Waals surface area contributed by atoms with Gasteiger partial charge in [0.05, 0.1) is 28.0 Å². The SMILES string of the molecule is CCc1ccc(OCCCCN2CCN(c3cccc(Cl)c3Cl)CC2)cc1N(C(C)=O)C(C)OC(=O)N(CC)CC. The molecule has 0 spiro atoms. The van der Waals surface area contributed by atoms with Gasteiger partial charge in [0.2, 0.25) is 5.91 Å². The van der Waals surface area contributed by atoms with E-state index in [0.717, 1.165) is 63.2 Å². The van der Waals surface area contributed by atoms with Crippen molar-refractivity contribution in [3.8, 4) is 5.75 Å². The second-order valence-corrected chi connectivity index (χ2v) is 10.9. The highest BCUT2D eigenvalue weighted by Crippen LogP contribution is 2.33. The number of hydrogen-bond acceptors (Lipinski definition) is 6. The number of nitrogens with zero attached hydrogens (tertiary/aromatic N) is 4. The number of rotatable bonds is 13. The molecule has 1 fully saturated rings. The first-order chi connectivity index (χ1) is 19.7. The Morgan fingerprint density at radius 1 is 1.00 bits per heavy atom. The molecule has 8 nitrogen and oxygen atoms in total. The first-order valence-corrected chi connectivity index (χ1v) is 15.4. The molecular formula is C31H44Cl2N4O4. The monoisotopic (exact) mass is 606 g/mol. The van der Waals surface area contributed by atoms with E-state index in [9.17, 15) is 9.59 Å². The Kier molecular flexibility index (Phi) is 12.9. The molecule has 1 heterocycles. The first-order valence-electron chi connectivity index (χ1n) is 14.6. The van der Waals surface area contributed by atoms with E-state index < -0.39 is 12.3 Å². The Morgan fingerprint density at radius 3 is 2.34 bits per heavy atom. The summed E-state index contributed by atoms with van der Waals surface area (Å²) in [5.41, 5.74) is 2.69. The number of aryl methyl sites for hydroxylation is 1. The molecule has 226 valence electrons. The van der Waals surface area contributed by atoms with Crippen LogP contribution in [0.3, 0.4) is 0 Å². The maximum atomic E-state index is 12.7. The minimum absolute atomic E-state index is 0.200. The highest BCUT2D eigenvalue weighted by atomic mass is 35.5. The molecule has 1 aliphatic rings. The lowest BCUT2D eigenvalue weighted by Crippen LogP contribution is -2.46. The molecule has 0 N–H and O–H groups in total. The predicted molar refractivity (Wildman–Crippen MR) is 168 cm³/mol. The van der Waals surface area contributed by atoms with Crippen LogP contribution in [0, 0.1) is 0 Å². The van der Waals surface area contributed by atoms with Gasteiger partial charge in [-0.25, -0.2) is 4.79 Å². The second-order valence-electron chi connectivity index (χ2n) is 10.1. The third-order valence-corrected chi connectivity index (χ3v) is 8.28. The van der Waals surface area contributed by atoms with Crippen molar-refractivity contribution in [3.63, 3.8) is 0 Å². The summed E-state index contributed by atoms with van der Waals surface area (Å²) in [7, 11) is 0. The summed E-state index contributed by atoms with van der Waals surface area (Å²) in [4.78, 5) is 33.1. The number of benzene rings is 2. The van der Waals surface area contributed by atoms with Crippen molar-refractivity contribution in [2.45, 2.75) is 60.1 Å². The zero-order valence-electron chi connectivity index (χ0n) is 25.0. The van der Waals surface area contributed by atoms with Gasteiger partial charge >= 0.3 is 6.09 Å². The first kappa shape index (κ1) is 32.8. The second kappa shape index (κ2) is 16.1. The third kappa shape index (κ3) is 8.90. The third-order valence-electron chi connectivity index (χ3n) is 7.47. The molecule has 2 aromatic carbocycles. The maximum Gasteiger partial charge on any atom is 0.411 e. The van der Waals surface area contributed by atoms with Crippen molar-refractivity contribution < 1.29 is 19.1 Å². The highest BCUT2D eigenvalue weighted by Gasteiger charge is 2.26. The summed E-state index contributed by atoms with van der Waals surface area (Å²) in [6.07, 6.45) is 1.48. The molecule has 0 radical (unpaired) electrons. The number of hydrogen-bond donors (Lipinski definition) is 0. The van der Waals surface area contributed by atoms with E-state index in [1.54, 1.807) is 11.8 Å². The Balaban J connectivity index is 1.51. The number of amides is 2. The summed E-state index contributed by atoms with van der Waals surface area (Å²) in [6.45, 7) is 15.5. The van der Waals surface area contributed by atoms with Crippen LogP contribution in [0.2, 0.25) is 10.0 Å². The van der Waals surface area contributed by atoms with Gasteiger partial charge in [-0.05, 0) is 70.3 Å². The fourth-order valence-electron chi connectivity index (χ4n) is 5.11. The van der Waals surface area contributed by atoms with E-state index >= 15 is 0 Å². The van der Waals surface area contributed by atoms with Crippen LogP contribution in [0.15, 0.2) is 36.4 Å². The van der Waals surface area contributed by atoms with Gasteiger partial charge in [0.25, 0.3) is 0 Å². The quantitative estimate of drug-likeness (QED) is 0.186. The molecule has 1 unspecified atom stereocenters. The van der Waals surface area contributed by atoms with Crippen molar-refractivity contribution in [2.24, 2.45) is 0 Å². The minimum Gasteiger partial charge on any atom is -0.494 e. The maximum absolute atomic E-state index is 12.7. The fraction of sp³-hybridized carbons (Fsp3) is 0.548. The molecule has 2 aromatic rings. The van der Waals surface area contributed by atoms with Gasteiger partial charge in [-0.1, -0.05) is 42.3 Å². The number of piperazine rings is 1. The minimum atomic E-state index is -0.753. The van der Waals surface area contributed by atoms with Crippen LogP contribution in [0.5, 0.6) is 5.75 Å². The zero-order valence-corrected chi connectivity index (χ0v) is 26.5. The van der Waals surface area contributed by atoms with Crippen molar-refractivity contribution in [2.75, 3.05) is 62.2 Å². The van der Waals surface area contributed by atoms with Crippen molar-refractivity contribution in [1.29, 1.82) is 0 Å². The van der Waals surface area contributed by atoms with E-state index in [2.05, 4.69) is 9.80 Å². The number of ether oxygens (including phenoxy) is 2. The van der Waals surface area contributed by atoms with Crippen LogP contribution < -0.4 is 14.5 Å². The average Bonchev–Trinajstić information content (AvgIpc) is 2.95. The lowest BCUT2D eigenvalue weighted by molar-refractivity contribution is -0.118. The van der Waals surface area contributed by atoms with Gasteiger partial charge in [-0.3, -0.25) is 14.6 Å². The number of anilines is 2. The summed E-state index contributed by atoms with van der Waals surface area (Å²) < 4.78 is 11.7. The van der Waals surface area contributed by atoms with Crippen molar-refractivity contribution in [1.82, 2.24) is 9.80 Å². The van der Waals surface area contributed by atoms with Gasteiger partial charge in [0.15, 0.2) is 6.23 Å². The van der Waals surface area contributed by atoms with Gasteiger partial charge in [0.1, 0.15) is 5.75 Å². The van der Waals surface area contributed by atoms with Gasteiger partial charge in [0, 0.05) is 52.3 Å². The number of halogens is 2. The molecule has 41 heavy (non-hydrogen) atoms. The summed E-state index contributed by atoms with van der Waals surface area (Å²) in [5, 5.41) is 1.21. The molecular weight excluding hydrogens is 563 g/mol. The highest BCUT2D eigenvalue weighted by molar-refractivity contribution is 6.43. The molecule has 10 heteroatoms. The number of carbonyl (C=O) groups excluding carboxylic acids is 2. The molecule has 0 bridgehead atoms. The molecule has 1 aliphatic heterocycles. The van der Waals surface area contributed by atoms with Crippen LogP contribution in [-0.2, 0) is 16.0 Å². The summed E-state index contributed by atoms with van der Waals surface area (Å²) in [5.74, 6) is 0.493. The van der Waals surface area contributed by atoms with Crippen LogP contribution in [0.1, 0.15) is 53.0 Å². The Labute approximate surface area is 255 Å². The van der Waals surface area contributed by atoms with E-state index in [4.69, 9.17) is 32.7 Å². The largest absolute Gasteiger partial charge is 0.494 e. The summed E-state index contributed by atoms with van der Waals surface area (Å²) in [6, 6.07) is 11.6. The molecule has 0 saturated carbocycles. The standard InChI is InChI=1S/C31H44Cl2N4O4/c1-6-25-14-15-26(22-29(25)37(23(4)38)24(5)41-31(39)35(7-2)8-3)40-21-10-9-16-34-17-19-36(20-18-34)28-13-11-12-27(32)30(28)33/h11-15,22,24H,6-10,16-21H2,1-5H3. The number of carbonyl (C=O) groups is 2. The molecule has 0 aliphatic carbocycles. The van der Waals surface area contributed by atoms with E-state index in [1.807, 2.05) is 57.2 Å². The molecule has 3 rings (SSSR count). The number of unbranched alkanes of at least 4 members (excludes halogenated alkanes) is 1. The van der Waals surface area contributed by atoms with Gasteiger partial charge < -0.3 is 19.3 Å². The summed E-state index contributed by atoms with van der Waals surface area (Å²) >= 11 is 12.6. The van der Waals surface area contributed by atoms with Crippen LogP contribution in [0.25, 0.3) is 0 Å². The van der Waals surface area contributed by atoms with Crippen molar-refractivity contribution >= 4 is 46.6 Å². The smallest absolute Gasteiger partial charge is 0.411 e. The van der Waals surface area contributed by atoms with Crippen LogP contribution in [0.4, 0.5) is 16.2 Å². The van der Waals surface area contributed by atoms with Crippen molar-refractivity contribution in [3.05, 3.63) is 52.0 Å². The average molecular weight is 608 g/mol. The van der Waals surface area contributed by atoms with Gasteiger partial charge in [-0.15, -0.1) is 0 Å². The molecule has 2 amide bonds. The fourth-order valence-corrected chi connectivity index (χ4v) is 5.52. The Morgan fingerprint density at radius 2 is 1.71 bits per heavy atom. The predicted octanol–water partition coefficient (Wildman–Crippen LogP) is 6.71. The normalized spacial score (nSPS) is 14.5. The molecule has 1 saturated heterocycles. The van der Waals surface area contributed by atoms with Crippen LogP contribution >= 0.6 is 23.2 Å². The zero-order chi connectivity index (χ0) is 29.9.